The zero-order chi connectivity index (χ0) is 13.1. The number of benzene rings is 1. The van der Waals surface area contributed by atoms with Crippen LogP contribution in [-0.2, 0) is 21.5 Å². The normalized spacial score (nSPS) is 13.3. The fraction of sp³-hybridized carbons (Fsp3) is 0.300. The van der Waals surface area contributed by atoms with Gasteiger partial charge in [0, 0.05) is 0 Å². The van der Waals surface area contributed by atoms with E-state index in [-0.39, 0.29) is 6.42 Å². The molecule has 0 aromatic heterocycles. The van der Waals surface area contributed by atoms with Crippen molar-refractivity contribution >= 4 is 16.3 Å². The molecule has 0 fully saturated rings. The molecule has 0 heterocycles. The second-order valence-electron chi connectivity index (χ2n) is 3.67. The van der Waals surface area contributed by atoms with Crippen molar-refractivity contribution in [2.24, 2.45) is 0 Å². The van der Waals surface area contributed by atoms with Crippen LogP contribution in [0.1, 0.15) is 11.1 Å². The van der Waals surface area contributed by atoms with E-state index in [9.17, 15) is 13.2 Å². The summed E-state index contributed by atoms with van der Waals surface area (Å²) in [6.45, 7) is 1.88. The van der Waals surface area contributed by atoms with Gasteiger partial charge in [0.2, 0.25) is 0 Å². The molecule has 0 radical (unpaired) electrons. The zero-order valence-electron chi connectivity index (χ0n) is 9.12. The van der Waals surface area contributed by atoms with E-state index < -0.39 is 22.3 Å². The molecule has 0 amide bonds. The van der Waals surface area contributed by atoms with Gasteiger partial charge >= 0.3 is 16.3 Å². The molecule has 1 aromatic rings. The first kappa shape index (κ1) is 13.6. The van der Waals surface area contributed by atoms with E-state index in [4.69, 9.17) is 9.66 Å². The van der Waals surface area contributed by atoms with Crippen LogP contribution in [0.2, 0.25) is 0 Å². The van der Waals surface area contributed by atoms with Gasteiger partial charge in [-0.3, -0.25) is 9.35 Å². The molecule has 7 heteroatoms. The fourth-order valence-corrected chi connectivity index (χ4v) is 1.86. The van der Waals surface area contributed by atoms with Crippen LogP contribution in [0.15, 0.2) is 24.3 Å². The number of hydrogen-bond donors (Lipinski definition) is 3. The number of hydrogen-bond acceptors (Lipinski definition) is 3. The molecular formula is C10H13NO5S. The summed E-state index contributed by atoms with van der Waals surface area (Å²) in [7, 11) is -4.53. The van der Waals surface area contributed by atoms with Gasteiger partial charge in [-0.1, -0.05) is 29.8 Å². The first-order valence-electron chi connectivity index (χ1n) is 4.81. The lowest BCUT2D eigenvalue weighted by Crippen LogP contribution is -2.41. The Labute approximate surface area is 99.2 Å². The van der Waals surface area contributed by atoms with Gasteiger partial charge in [0.1, 0.15) is 6.04 Å². The zero-order valence-corrected chi connectivity index (χ0v) is 9.94. The molecule has 17 heavy (non-hydrogen) atoms. The summed E-state index contributed by atoms with van der Waals surface area (Å²) < 4.78 is 31.3. The maximum absolute atomic E-state index is 10.8. The minimum Gasteiger partial charge on any atom is -0.480 e. The Morgan fingerprint density at radius 1 is 1.35 bits per heavy atom. The monoisotopic (exact) mass is 259 g/mol. The van der Waals surface area contributed by atoms with E-state index in [1.807, 2.05) is 6.92 Å². The second-order valence-corrected chi connectivity index (χ2v) is 4.86. The lowest BCUT2D eigenvalue weighted by atomic mass is 10.1. The topological polar surface area (TPSA) is 104 Å². The molecule has 0 spiro atoms. The molecule has 0 saturated carbocycles. The van der Waals surface area contributed by atoms with Crippen molar-refractivity contribution in [3.8, 4) is 0 Å². The molecule has 94 valence electrons. The highest BCUT2D eigenvalue weighted by molar-refractivity contribution is 7.83. The van der Waals surface area contributed by atoms with Gasteiger partial charge in [0.15, 0.2) is 0 Å². The molecule has 6 nitrogen and oxygen atoms in total. The van der Waals surface area contributed by atoms with Gasteiger partial charge in [-0.2, -0.15) is 13.1 Å². The Hall–Kier alpha value is -1.44. The lowest BCUT2D eigenvalue weighted by Gasteiger charge is -2.12. The summed E-state index contributed by atoms with van der Waals surface area (Å²) >= 11 is 0. The van der Waals surface area contributed by atoms with E-state index in [1.54, 1.807) is 29.0 Å². The quantitative estimate of drug-likeness (QED) is 0.663. The number of nitrogens with one attached hydrogen (secondary N) is 1. The third-order valence-electron chi connectivity index (χ3n) is 2.15. The largest absolute Gasteiger partial charge is 0.480 e. The summed E-state index contributed by atoms with van der Waals surface area (Å²) in [5.41, 5.74) is 1.68. The summed E-state index contributed by atoms with van der Waals surface area (Å²) in [5, 5.41) is 8.81. The van der Waals surface area contributed by atoms with Crippen molar-refractivity contribution in [2.75, 3.05) is 0 Å². The maximum atomic E-state index is 10.8. The number of aliphatic carboxylic acids is 1. The molecule has 1 rings (SSSR count). The standard InChI is InChI=1S/C10H13NO5S/c1-7-2-4-8(5-3-7)6-9(10(12)13)11-17(14,15)16/h2-5,9,11H,6H2,1H3,(H,12,13)(H,14,15,16)/t9-/m0/s1. The fourth-order valence-electron chi connectivity index (χ4n) is 1.32. The van der Waals surface area contributed by atoms with E-state index in [1.165, 1.54) is 0 Å². The Morgan fingerprint density at radius 2 is 1.88 bits per heavy atom. The van der Waals surface area contributed by atoms with Crippen LogP contribution in [0.3, 0.4) is 0 Å². The number of rotatable bonds is 5. The predicted octanol–water partition coefficient (Wildman–Crippen LogP) is 0.383. The summed E-state index contributed by atoms with van der Waals surface area (Å²) in [4.78, 5) is 10.8. The lowest BCUT2D eigenvalue weighted by molar-refractivity contribution is -0.139. The second kappa shape index (κ2) is 5.26. The molecule has 3 N–H and O–H groups in total. The summed E-state index contributed by atoms with van der Waals surface area (Å²) in [6.07, 6.45) is -0.0323. The van der Waals surface area contributed by atoms with Crippen LogP contribution in [0.25, 0.3) is 0 Å². The third-order valence-corrected chi connectivity index (χ3v) is 2.73. The van der Waals surface area contributed by atoms with Gasteiger partial charge in [0.05, 0.1) is 0 Å². The average molecular weight is 259 g/mol. The minimum atomic E-state index is -4.53. The van der Waals surface area contributed by atoms with E-state index in [0.29, 0.717) is 5.56 Å². The molecule has 0 aliphatic heterocycles. The Bertz CT molecular complexity index is 494. The van der Waals surface area contributed by atoms with Crippen LogP contribution in [0, 0.1) is 6.92 Å². The van der Waals surface area contributed by atoms with E-state index in [2.05, 4.69) is 0 Å². The number of carbonyl (C=O) groups is 1. The predicted molar refractivity (Wildman–Crippen MR) is 61.0 cm³/mol. The Kier molecular flexibility index (Phi) is 4.22. The number of carboxylic acids is 1. The smallest absolute Gasteiger partial charge is 0.334 e. The molecule has 1 atom stereocenters. The minimum absolute atomic E-state index is 0.0323. The van der Waals surface area contributed by atoms with Gasteiger partial charge in [-0.05, 0) is 18.9 Å². The maximum Gasteiger partial charge on any atom is 0.334 e. The molecule has 0 unspecified atom stereocenters. The van der Waals surface area contributed by atoms with E-state index >= 15 is 0 Å². The Balaban J connectivity index is 2.80. The Morgan fingerprint density at radius 3 is 2.29 bits per heavy atom. The van der Waals surface area contributed by atoms with E-state index in [0.717, 1.165) is 5.56 Å². The highest BCUT2D eigenvalue weighted by Crippen LogP contribution is 2.07. The van der Waals surface area contributed by atoms with Crippen molar-refractivity contribution in [3.63, 3.8) is 0 Å². The average Bonchev–Trinajstić information content (AvgIpc) is 2.18. The first-order chi connectivity index (χ1) is 7.78. The van der Waals surface area contributed by atoms with Crippen LogP contribution in [0.4, 0.5) is 0 Å². The van der Waals surface area contributed by atoms with Crippen LogP contribution < -0.4 is 4.72 Å². The number of carboxylic acid groups (broad SMARTS) is 1. The first-order valence-corrected chi connectivity index (χ1v) is 6.25. The van der Waals surface area contributed by atoms with Gasteiger partial charge in [-0.15, -0.1) is 0 Å². The van der Waals surface area contributed by atoms with Crippen LogP contribution >= 0.6 is 0 Å². The SMILES string of the molecule is Cc1ccc(C[C@H](NS(=O)(=O)O)C(=O)O)cc1. The molecular weight excluding hydrogens is 246 g/mol. The van der Waals surface area contributed by atoms with Crippen molar-refractivity contribution < 1.29 is 22.9 Å². The van der Waals surface area contributed by atoms with Crippen molar-refractivity contribution in [1.29, 1.82) is 0 Å². The highest BCUT2D eigenvalue weighted by atomic mass is 32.2. The van der Waals surface area contributed by atoms with Crippen molar-refractivity contribution in [3.05, 3.63) is 35.4 Å². The van der Waals surface area contributed by atoms with Crippen molar-refractivity contribution in [1.82, 2.24) is 4.72 Å². The molecule has 0 aliphatic rings. The molecule has 0 bridgehead atoms. The van der Waals surface area contributed by atoms with Crippen LogP contribution in [-0.4, -0.2) is 30.1 Å². The highest BCUT2D eigenvalue weighted by Gasteiger charge is 2.22. The van der Waals surface area contributed by atoms with Gasteiger partial charge in [0.25, 0.3) is 0 Å². The molecule has 0 saturated heterocycles. The van der Waals surface area contributed by atoms with Gasteiger partial charge in [-0.25, -0.2) is 0 Å². The summed E-state index contributed by atoms with van der Waals surface area (Å²) in [5.74, 6) is -1.34. The van der Waals surface area contributed by atoms with Crippen LogP contribution in [0.5, 0.6) is 0 Å². The molecule has 1 aromatic carbocycles. The number of aryl methyl sites for hydroxylation is 1. The molecule has 0 aliphatic carbocycles. The summed E-state index contributed by atoms with van der Waals surface area (Å²) in [6, 6.07) is 5.62. The third kappa shape index (κ3) is 4.94. The van der Waals surface area contributed by atoms with Gasteiger partial charge < -0.3 is 5.11 Å². The van der Waals surface area contributed by atoms with Crippen molar-refractivity contribution in [2.45, 2.75) is 19.4 Å².